The summed E-state index contributed by atoms with van der Waals surface area (Å²) in [6.07, 6.45) is -0.870. The molecule has 0 radical (unpaired) electrons. The van der Waals surface area contributed by atoms with Crippen LogP contribution in [0.15, 0.2) is 48.5 Å². The lowest BCUT2D eigenvalue weighted by Crippen LogP contribution is -2.46. The second-order valence-electron chi connectivity index (χ2n) is 5.39. The van der Waals surface area contributed by atoms with Crippen LogP contribution in [-0.2, 0) is 14.3 Å². The molecule has 2 aromatic rings. The number of ketones is 1. The minimum absolute atomic E-state index is 0.0952. The summed E-state index contributed by atoms with van der Waals surface area (Å²) >= 11 is 5.20. The molecule has 0 aliphatic rings. The van der Waals surface area contributed by atoms with E-state index in [-0.39, 0.29) is 19.0 Å². The average molecular weight is 410 g/mol. The van der Waals surface area contributed by atoms with Crippen LogP contribution in [0.5, 0.6) is 17.2 Å². The molecule has 0 fully saturated rings. The van der Waals surface area contributed by atoms with Crippen LogP contribution in [-0.4, -0.2) is 36.4 Å². The van der Waals surface area contributed by atoms with Crippen molar-refractivity contribution >= 4 is 28.7 Å². The second-order valence-corrected chi connectivity index (χ2v) is 5.74. The van der Waals surface area contributed by atoms with Crippen LogP contribution >= 0.6 is 11.6 Å². The standard InChI is InChI=1S/C19H17ClFNO6/c1-2-26-19(25)22-16(17(23)18(20)24)11-27-13-7-9-15(10-8-13)28-14-5-3-12(21)4-6-14/h3-10,16H,2,11H2,1H3,(H,22,25). The highest BCUT2D eigenvalue weighted by Crippen LogP contribution is 2.24. The summed E-state index contributed by atoms with van der Waals surface area (Å²) in [6, 6.07) is 10.6. The van der Waals surface area contributed by atoms with Gasteiger partial charge in [-0.25, -0.2) is 9.18 Å². The lowest BCUT2D eigenvalue weighted by atomic mass is 10.2. The Morgan fingerprint density at radius 1 is 1.00 bits per heavy atom. The molecule has 0 aliphatic carbocycles. The first-order valence-corrected chi connectivity index (χ1v) is 8.60. The van der Waals surface area contributed by atoms with Gasteiger partial charge in [0, 0.05) is 0 Å². The Balaban J connectivity index is 1.96. The van der Waals surface area contributed by atoms with Crippen LogP contribution < -0.4 is 14.8 Å². The molecule has 1 atom stereocenters. The number of benzene rings is 2. The van der Waals surface area contributed by atoms with Gasteiger partial charge in [0.1, 0.15) is 35.7 Å². The third kappa shape index (κ3) is 6.55. The van der Waals surface area contributed by atoms with Gasteiger partial charge in [0.2, 0.25) is 5.78 Å². The number of hydrogen-bond donors (Lipinski definition) is 1. The van der Waals surface area contributed by atoms with Gasteiger partial charge in [-0.15, -0.1) is 0 Å². The third-order valence-electron chi connectivity index (χ3n) is 3.37. The maximum Gasteiger partial charge on any atom is 0.407 e. The highest BCUT2D eigenvalue weighted by molar-refractivity contribution is 6.81. The number of carbonyl (C=O) groups is 3. The zero-order chi connectivity index (χ0) is 20.5. The minimum Gasteiger partial charge on any atom is -0.491 e. The fraction of sp³-hybridized carbons (Fsp3) is 0.211. The molecule has 0 bridgehead atoms. The summed E-state index contributed by atoms with van der Waals surface area (Å²) < 4.78 is 28.6. The van der Waals surface area contributed by atoms with Crippen molar-refractivity contribution in [2.75, 3.05) is 13.2 Å². The van der Waals surface area contributed by atoms with Gasteiger partial charge in [-0.1, -0.05) is 0 Å². The number of carbonyl (C=O) groups excluding carboxylic acids is 3. The Hall–Kier alpha value is -3.13. The number of halogens is 2. The largest absolute Gasteiger partial charge is 0.491 e. The van der Waals surface area contributed by atoms with Crippen LogP contribution in [0.1, 0.15) is 6.92 Å². The van der Waals surface area contributed by atoms with E-state index in [1.165, 1.54) is 24.3 Å². The maximum atomic E-state index is 12.9. The number of ether oxygens (including phenoxy) is 3. The van der Waals surface area contributed by atoms with E-state index in [0.717, 1.165) is 0 Å². The van der Waals surface area contributed by atoms with Crippen molar-refractivity contribution in [2.24, 2.45) is 0 Å². The quantitative estimate of drug-likeness (QED) is 0.504. The summed E-state index contributed by atoms with van der Waals surface area (Å²) in [5.41, 5.74) is 0. The van der Waals surface area contributed by atoms with Gasteiger partial charge in [-0.2, -0.15) is 0 Å². The predicted molar refractivity (Wildman–Crippen MR) is 98.2 cm³/mol. The lowest BCUT2D eigenvalue weighted by Gasteiger charge is -2.16. The van der Waals surface area contributed by atoms with E-state index in [4.69, 9.17) is 21.1 Å². The van der Waals surface area contributed by atoms with E-state index >= 15 is 0 Å². The Morgan fingerprint density at radius 2 is 1.54 bits per heavy atom. The zero-order valence-electron chi connectivity index (χ0n) is 14.8. The molecule has 0 spiro atoms. The van der Waals surface area contributed by atoms with Crippen molar-refractivity contribution < 1.29 is 33.0 Å². The number of hydrogen-bond acceptors (Lipinski definition) is 6. The smallest absolute Gasteiger partial charge is 0.407 e. The van der Waals surface area contributed by atoms with E-state index in [1.807, 2.05) is 0 Å². The van der Waals surface area contributed by atoms with Crippen molar-refractivity contribution in [3.8, 4) is 17.2 Å². The normalized spacial score (nSPS) is 11.2. The molecule has 0 saturated carbocycles. The Morgan fingerprint density at radius 3 is 2.07 bits per heavy atom. The molecule has 7 nitrogen and oxygen atoms in total. The topological polar surface area (TPSA) is 90.9 Å². The summed E-state index contributed by atoms with van der Waals surface area (Å²) in [5.74, 6) is -0.0952. The van der Waals surface area contributed by atoms with Gasteiger partial charge in [0.15, 0.2) is 0 Å². The monoisotopic (exact) mass is 409 g/mol. The van der Waals surface area contributed by atoms with Gasteiger partial charge in [0.25, 0.3) is 5.24 Å². The van der Waals surface area contributed by atoms with E-state index in [2.05, 4.69) is 10.1 Å². The SMILES string of the molecule is CCOC(=O)NC(COc1ccc(Oc2ccc(F)cc2)cc1)C(=O)C(=O)Cl. The zero-order valence-corrected chi connectivity index (χ0v) is 15.6. The number of rotatable bonds is 9. The Bertz CT molecular complexity index is 825. The molecule has 148 valence electrons. The molecule has 0 aromatic heterocycles. The van der Waals surface area contributed by atoms with Gasteiger partial charge in [-0.3, -0.25) is 9.59 Å². The summed E-state index contributed by atoms with van der Waals surface area (Å²) in [5, 5.41) is 0.993. The average Bonchev–Trinajstić information content (AvgIpc) is 2.67. The molecule has 0 aliphatic heterocycles. The van der Waals surface area contributed by atoms with E-state index in [9.17, 15) is 18.8 Å². The molecule has 2 aromatic carbocycles. The summed E-state index contributed by atoms with van der Waals surface area (Å²) in [4.78, 5) is 34.4. The van der Waals surface area contributed by atoms with Crippen molar-refractivity contribution in [3.05, 3.63) is 54.3 Å². The highest BCUT2D eigenvalue weighted by atomic mass is 35.5. The molecule has 1 N–H and O–H groups in total. The number of alkyl carbamates (subject to hydrolysis) is 1. The molecule has 0 heterocycles. The van der Waals surface area contributed by atoms with Gasteiger partial charge in [0.05, 0.1) is 6.61 Å². The van der Waals surface area contributed by atoms with Crippen molar-refractivity contribution in [1.82, 2.24) is 5.32 Å². The molecular weight excluding hydrogens is 393 g/mol. The highest BCUT2D eigenvalue weighted by Gasteiger charge is 2.27. The van der Waals surface area contributed by atoms with Crippen LogP contribution in [0.4, 0.5) is 9.18 Å². The van der Waals surface area contributed by atoms with Crippen LogP contribution in [0.2, 0.25) is 0 Å². The number of nitrogens with one attached hydrogen (secondary N) is 1. The molecule has 1 amide bonds. The first kappa shape index (κ1) is 21.2. The first-order chi connectivity index (χ1) is 13.4. The van der Waals surface area contributed by atoms with E-state index in [0.29, 0.717) is 17.2 Å². The summed E-state index contributed by atoms with van der Waals surface area (Å²) in [6.45, 7) is 1.36. The van der Waals surface area contributed by atoms with E-state index in [1.54, 1.807) is 31.2 Å². The fourth-order valence-electron chi connectivity index (χ4n) is 2.06. The minimum atomic E-state index is -1.29. The number of amides is 1. The second kappa shape index (κ2) is 10.3. The van der Waals surface area contributed by atoms with Gasteiger partial charge >= 0.3 is 6.09 Å². The Labute approximate surface area is 165 Å². The third-order valence-corrected chi connectivity index (χ3v) is 3.55. The predicted octanol–water partition coefficient (Wildman–Crippen LogP) is 3.45. The van der Waals surface area contributed by atoms with Crippen molar-refractivity contribution in [2.45, 2.75) is 13.0 Å². The van der Waals surface area contributed by atoms with Gasteiger partial charge in [-0.05, 0) is 67.1 Å². The number of Topliss-reactive ketones (excluding diaryl/α,β-unsaturated/α-hetero) is 1. The fourth-order valence-corrected chi connectivity index (χ4v) is 2.19. The molecule has 28 heavy (non-hydrogen) atoms. The maximum absolute atomic E-state index is 12.9. The first-order valence-electron chi connectivity index (χ1n) is 8.22. The van der Waals surface area contributed by atoms with Crippen molar-refractivity contribution in [1.29, 1.82) is 0 Å². The lowest BCUT2D eigenvalue weighted by molar-refractivity contribution is -0.133. The van der Waals surface area contributed by atoms with E-state index < -0.39 is 23.2 Å². The van der Waals surface area contributed by atoms with Crippen LogP contribution in [0.3, 0.4) is 0 Å². The molecule has 2 rings (SSSR count). The van der Waals surface area contributed by atoms with Crippen LogP contribution in [0.25, 0.3) is 0 Å². The molecule has 0 saturated heterocycles. The van der Waals surface area contributed by atoms with Crippen molar-refractivity contribution in [3.63, 3.8) is 0 Å². The summed E-state index contributed by atoms with van der Waals surface area (Å²) in [7, 11) is 0. The van der Waals surface area contributed by atoms with Crippen LogP contribution in [0, 0.1) is 5.82 Å². The molecular formula is C19H17ClFNO6. The molecule has 9 heteroatoms. The Kier molecular flexibility index (Phi) is 7.76. The molecule has 1 unspecified atom stereocenters. The van der Waals surface area contributed by atoms with Gasteiger partial charge < -0.3 is 19.5 Å².